The predicted molar refractivity (Wildman–Crippen MR) is 172 cm³/mol. The summed E-state index contributed by atoms with van der Waals surface area (Å²) in [5.41, 5.74) is 4.16. The Morgan fingerprint density at radius 2 is 1.52 bits per heavy atom. The van der Waals surface area contributed by atoms with E-state index in [9.17, 15) is 22.8 Å². The van der Waals surface area contributed by atoms with Crippen LogP contribution in [0.15, 0.2) is 106 Å². The Kier molecular flexibility index (Phi) is 8.98. The molecule has 244 valence electrons. The second-order valence-corrected chi connectivity index (χ2v) is 11.1. The number of carbonyl (C=O) groups excluding carboxylic acids is 1. The highest BCUT2D eigenvalue weighted by Gasteiger charge is 2.30. The SMILES string of the molecule is Cc1c(-c2nnc([C@H](Cc3ccc(-c4ccc(C(F)(F)F)cc4)cc3)Nc3ccc(C(=O)NCCC(=O)O)cc3)o2)oc2ccccc12. The molecule has 2 aromatic heterocycles. The van der Waals surface area contributed by atoms with Gasteiger partial charge >= 0.3 is 12.1 Å². The molecule has 1 atom stereocenters. The lowest BCUT2D eigenvalue weighted by atomic mass is 9.99. The first-order valence-corrected chi connectivity index (χ1v) is 15.0. The van der Waals surface area contributed by atoms with Crippen LogP contribution in [0.4, 0.5) is 18.9 Å². The van der Waals surface area contributed by atoms with E-state index >= 15 is 0 Å². The van der Waals surface area contributed by atoms with E-state index in [4.69, 9.17) is 13.9 Å². The molecule has 12 heteroatoms. The third-order valence-electron chi connectivity index (χ3n) is 7.83. The first-order valence-electron chi connectivity index (χ1n) is 15.0. The summed E-state index contributed by atoms with van der Waals surface area (Å²) in [4.78, 5) is 23.2. The van der Waals surface area contributed by atoms with Crippen molar-refractivity contribution in [2.45, 2.75) is 32.0 Å². The molecule has 1 amide bonds. The van der Waals surface area contributed by atoms with Crippen molar-refractivity contribution >= 4 is 28.5 Å². The summed E-state index contributed by atoms with van der Waals surface area (Å²) in [7, 11) is 0. The van der Waals surface area contributed by atoms with E-state index < -0.39 is 29.7 Å². The topological polar surface area (TPSA) is 130 Å². The molecule has 0 aliphatic carbocycles. The number of para-hydroxylation sites is 1. The minimum absolute atomic E-state index is 0.0120. The largest absolute Gasteiger partial charge is 0.481 e. The van der Waals surface area contributed by atoms with Crippen molar-refractivity contribution in [3.8, 4) is 22.8 Å². The molecule has 0 aliphatic rings. The Morgan fingerprint density at radius 3 is 2.17 bits per heavy atom. The standard InChI is InChI=1S/C36H29F3N4O5/c1-21-28-4-2-3-5-30(28)47-32(21)35-43-42-34(48-35)29(41-27-16-12-25(13-17-27)33(46)40-19-18-31(44)45)20-22-6-8-23(9-7-22)24-10-14-26(15-11-24)36(37,38)39/h2-17,29,41H,18-20H2,1H3,(H,40,46)(H,44,45)/t29-/m0/s1. The lowest BCUT2D eigenvalue weighted by Gasteiger charge is -2.17. The Hall–Kier alpha value is -5.91. The number of nitrogens with one attached hydrogen (secondary N) is 2. The molecular weight excluding hydrogens is 625 g/mol. The lowest BCUT2D eigenvalue weighted by Crippen LogP contribution is -2.25. The van der Waals surface area contributed by atoms with Crippen molar-refractivity contribution in [1.29, 1.82) is 0 Å². The Morgan fingerprint density at radius 1 is 0.854 bits per heavy atom. The highest BCUT2D eigenvalue weighted by atomic mass is 19.4. The number of carboxylic acid groups (broad SMARTS) is 1. The van der Waals surface area contributed by atoms with Crippen LogP contribution in [0.25, 0.3) is 33.7 Å². The van der Waals surface area contributed by atoms with Crippen molar-refractivity contribution < 1.29 is 36.7 Å². The number of nitrogens with zero attached hydrogens (tertiary/aromatic N) is 2. The van der Waals surface area contributed by atoms with E-state index in [1.54, 1.807) is 24.3 Å². The number of carbonyl (C=O) groups is 2. The van der Waals surface area contributed by atoms with Crippen molar-refractivity contribution in [1.82, 2.24) is 15.5 Å². The zero-order chi connectivity index (χ0) is 33.8. The fourth-order valence-electron chi connectivity index (χ4n) is 5.27. The molecule has 0 saturated heterocycles. The predicted octanol–water partition coefficient (Wildman–Crippen LogP) is 8.08. The maximum absolute atomic E-state index is 13.0. The summed E-state index contributed by atoms with van der Waals surface area (Å²) >= 11 is 0. The fraction of sp³-hybridized carbons (Fsp3) is 0.167. The van der Waals surface area contributed by atoms with Crippen molar-refractivity contribution in [2.24, 2.45) is 0 Å². The van der Waals surface area contributed by atoms with Crippen molar-refractivity contribution in [2.75, 3.05) is 11.9 Å². The van der Waals surface area contributed by atoms with Crippen LogP contribution < -0.4 is 10.6 Å². The number of carboxylic acids is 1. The number of amides is 1. The monoisotopic (exact) mass is 654 g/mol. The summed E-state index contributed by atoms with van der Waals surface area (Å²) in [6.45, 7) is 1.93. The number of aromatic nitrogens is 2. The molecular formula is C36H29F3N4O5. The number of hydrogen-bond acceptors (Lipinski definition) is 7. The van der Waals surface area contributed by atoms with Crippen LogP contribution >= 0.6 is 0 Å². The van der Waals surface area contributed by atoms with Gasteiger partial charge in [-0.3, -0.25) is 9.59 Å². The molecule has 0 unspecified atom stereocenters. The highest BCUT2D eigenvalue weighted by molar-refractivity contribution is 5.94. The van der Waals surface area contributed by atoms with Crippen LogP contribution in [0.1, 0.15) is 45.4 Å². The summed E-state index contributed by atoms with van der Waals surface area (Å²) in [6.07, 6.45) is -4.19. The van der Waals surface area contributed by atoms with Gasteiger partial charge in [0.25, 0.3) is 11.8 Å². The maximum Gasteiger partial charge on any atom is 0.416 e. The van der Waals surface area contributed by atoms with Crippen LogP contribution in [0.5, 0.6) is 0 Å². The van der Waals surface area contributed by atoms with Crippen LogP contribution in [-0.2, 0) is 17.4 Å². The van der Waals surface area contributed by atoms with Gasteiger partial charge in [-0.25, -0.2) is 0 Å². The number of anilines is 1. The average molecular weight is 655 g/mol. The van der Waals surface area contributed by atoms with E-state index in [1.165, 1.54) is 12.1 Å². The summed E-state index contributed by atoms with van der Waals surface area (Å²) < 4.78 is 51.2. The van der Waals surface area contributed by atoms with E-state index in [2.05, 4.69) is 20.8 Å². The van der Waals surface area contributed by atoms with Gasteiger partial charge < -0.3 is 24.6 Å². The molecule has 3 N–H and O–H groups in total. The van der Waals surface area contributed by atoms with Gasteiger partial charge in [0.05, 0.1) is 12.0 Å². The third kappa shape index (κ3) is 7.22. The van der Waals surface area contributed by atoms with Gasteiger partial charge in [-0.1, -0.05) is 54.6 Å². The number of rotatable bonds is 11. The molecule has 0 bridgehead atoms. The van der Waals surface area contributed by atoms with Gasteiger partial charge in [0, 0.05) is 35.2 Å². The molecule has 0 radical (unpaired) electrons. The van der Waals surface area contributed by atoms with Gasteiger partial charge in [-0.05, 0) is 66.1 Å². The fourth-order valence-corrected chi connectivity index (χ4v) is 5.27. The molecule has 6 rings (SSSR count). The maximum atomic E-state index is 13.0. The van der Waals surface area contributed by atoms with Crippen LogP contribution in [0.2, 0.25) is 0 Å². The molecule has 9 nitrogen and oxygen atoms in total. The molecule has 0 saturated carbocycles. The van der Waals surface area contributed by atoms with Gasteiger partial charge in [0.1, 0.15) is 11.6 Å². The molecule has 0 aliphatic heterocycles. The molecule has 0 fully saturated rings. The van der Waals surface area contributed by atoms with E-state index in [0.29, 0.717) is 34.6 Å². The number of halogens is 3. The summed E-state index contributed by atoms with van der Waals surface area (Å²) in [5, 5.41) is 24.3. The smallest absolute Gasteiger partial charge is 0.416 e. The first kappa shape index (κ1) is 32.0. The number of aliphatic carboxylic acids is 1. The van der Waals surface area contributed by atoms with Crippen LogP contribution in [0.3, 0.4) is 0 Å². The normalized spacial score (nSPS) is 12.2. The quantitative estimate of drug-likeness (QED) is 0.128. The summed E-state index contributed by atoms with van der Waals surface area (Å²) in [6, 6.07) is 26.2. The molecule has 2 heterocycles. The minimum Gasteiger partial charge on any atom is -0.481 e. The van der Waals surface area contributed by atoms with Crippen molar-refractivity contribution in [3.63, 3.8) is 0 Å². The van der Waals surface area contributed by atoms with E-state index in [-0.39, 0.29) is 24.7 Å². The number of furan rings is 1. The van der Waals surface area contributed by atoms with Gasteiger partial charge in [-0.15, -0.1) is 10.2 Å². The van der Waals surface area contributed by atoms with Gasteiger partial charge in [0.2, 0.25) is 5.89 Å². The summed E-state index contributed by atoms with van der Waals surface area (Å²) in [5.74, 6) is -0.429. The minimum atomic E-state index is -4.41. The second-order valence-electron chi connectivity index (χ2n) is 11.1. The molecule has 0 spiro atoms. The van der Waals surface area contributed by atoms with E-state index in [1.807, 2.05) is 55.5 Å². The Labute approximate surface area is 272 Å². The van der Waals surface area contributed by atoms with Gasteiger partial charge in [0.15, 0.2) is 5.76 Å². The van der Waals surface area contributed by atoms with Crippen LogP contribution in [0, 0.1) is 6.92 Å². The van der Waals surface area contributed by atoms with Crippen molar-refractivity contribution in [3.05, 3.63) is 125 Å². The zero-order valence-electron chi connectivity index (χ0n) is 25.5. The lowest BCUT2D eigenvalue weighted by molar-refractivity contribution is -0.138. The number of aryl methyl sites for hydroxylation is 1. The average Bonchev–Trinajstić information content (AvgIpc) is 3.69. The third-order valence-corrected chi connectivity index (χ3v) is 7.83. The Bertz CT molecular complexity index is 2050. The zero-order valence-corrected chi connectivity index (χ0v) is 25.5. The highest BCUT2D eigenvalue weighted by Crippen LogP contribution is 2.34. The van der Waals surface area contributed by atoms with Gasteiger partial charge in [-0.2, -0.15) is 13.2 Å². The second kappa shape index (κ2) is 13.4. The first-order chi connectivity index (χ1) is 23.0. The molecule has 48 heavy (non-hydrogen) atoms. The van der Waals surface area contributed by atoms with E-state index in [0.717, 1.165) is 34.2 Å². The number of fused-ring (bicyclic) bond motifs is 1. The molecule has 4 aromatic carbocycles. The van der Waals surface area contributed by atoms with Crippen LogP contribution in [-0.4, -0.2) is 33.7 Å². The number of hydrogen-bond donors (Lipinski definition) is 3. The molecule has 6 aromatic rings. The number of benzene rings is 4. The number of alkyl halides is 3. The Balaban J connectivity index is 1.24.